The van der Waals surface area contributed by atoms with Gasteiger partial charge in [-0.3, -0.25) is 4.79 Å². The maximum atomic E-state index is 13.9. The van der Waals surface area contributed by atoms with Gasteiger partial charge in [-0.1, -0.05) is 66.2 Å². The lowest BCUT2D eigenvalue weighted by Gasteiger charge is -2.24. The van der Waals surface area contributed by atoms with Gasteiger partial charge in [0.1, 0.15) is 5.82 Å². The number of benzene rings is 4. The van der Waals surface area contributed by atoms with Crippen LogP contribution in [-0.2, 0) is 13.1 Å². The smallest absolute Gasteiger partial charge is 0.254 e. The number of imidazole rings is 1. The molecule has 178 valence electrons. The van der Waals surface area contributed by atoms with Crippen LogP contribution in [0.3, 0.4) is 0 Å². The Morgan fingerprint density at radius 3 is 2.61 bits per heavy atom. The SMILES string of the molecule is O=C(c1cccc2ccccc12)N1CCN(Cc2ncc[nH]2)c2ccc(-c3cccc(Cl)c3)cc2C1. The minimum atomic E-state index is 0.0470. The van der Waals surface area contributed by atoms with Gasteiger partial charge in [-0.25, -0.2) is 4.98 Å². The molecule has 0 bridgehead atoms. The van der Waals surface area contributed by atoms with Crippen LogP contribution in [0.4, 0.5) is 5.69 Å². The Kier molecular flexibility index (Phi) is 5.91. The fourth-order valence-corrected chi connectivity index (χ4v) is 5.19. The Hall–Kier alpha value is -4.09. The number of nitrogens with one attached hydrogen (secondary N) is 1. The van der Waals surface area contributed by atoms with Crippen LogP contribution in [-0.4, -0.2) is 33.9 Å². The number of halogens is 1. The summed E-state index contributed by atoms with van der Waals surface area (Å²) in [6.07, 6.45) is 3.61. The molecule has 0 unspecified atom stereocenters. The summed E-state index contributed by atoms with van der Waals surface area (Å²) < 4.78 is 0. The number of hydrogen-bond donors (Lipinski definition) is 1. The van der Waals surface area contributed by atoms with E-state index in [0.29, 0.717) is 31.2 Å². The summed E-state index contributed by atoms with van der Waals surface area (Å²) in [4.78, 5) is 25.8. The molecule has 0 saturated carbocycles. The lowest BCUT2D eigenvalue weighted by atomic mass is 10.0. The molecule has 6 rings (SSSR count). The molecule has 2 heterocycles. The van der Waals surface area contributed by atoms with E-state index in [4.69, 9.17) is 11.6 Å². The van der Waals surface area contributed by atoms with Crippen LogP contribution >= 0.6 is 11.6 Å². The minimum absolute atomic E-state index is 0.0470. The summed E-state index contributed by atoms with van der Waals surface area (Å²) in [6, 6.07) is 28.3. The van der Waals surface area contributed by atoms with Crippen molar-refractivity contribution in [1.29, 1.82) is 0 Å². The Bertz CT molecular complexity index is 1540. The summed E-state index contributed by atoms with van der Waals surface area (Å²) in [5, 5.41) is 2.76. The third kappa shape index (κ3) is 4.34. The van der Waals surface area contributed by atoms with E-state index in [1.54, 1.807) is 6.20 Å². The molecule has 1 aliphatic rings. The van der Waals surface area contributed by atoms with Gasteiger partial charge in [0, 0.05) is 48.3 Å². The number of amides is 1. The first kappa shape index (κ1) is 22.4. The molecule has 1 aromatic heterocycles. The molecule has 1 amide bonds. The molecule has 0 atom stereocenters. The maximum Gasteiger partial charge on any atom is 0.254 e. The number of rotatable bonds is 4. The van der Waals surface area contributed by atoms with Crippen LogP contribution < -0.4 is 4.90 Å². The van der Waals surface area contributed by atoms with Gasteiger partial charge in [-0.05, 0) is 57.8 Å². The van der Waals surface area contributed by atoms with Crippen molar-refractivity contribution in [2.24, 2.45) is 0 Å². The molecule has 1 aliphatic heterocycles. The van der Waals surface area contributed by atoms with Crippen molar-refractivity contribution in [3.63, 3.8) is 0 Å². The fraction of sp³-hybridized carbons (Fsp3) is 0.133. The number of aromatic amines is 1. The molecular weight excluding hydrogens is 468 g/mol. The summed E-state index contributed by atoms with van der Waals surface area (Å²) in [7, 11) is 0. The number of aromatic nitrogens is 2. The molecule has 36 heavy (non-hydrogen) atoms. The number of nitrogens with zero attached hydrogens (tertiary/aromatic N) is 3. The van der Waals surface area contributed by atoms with E-state index < -0.39 is 0 Å². The molecule has 0 fully saturated rings. The molecule has 5 nitrogen and oxygen atoms in total. The van der Waals surface area contributed by atoms with Crippen LogP contribution in [0.15, 0.2) is 97.3 Å². The van der Waals surface area contributed by atoms with E-state index in [0.717, 1.165) is 44.5 Å². The monoisotopic (exact) mass is 492 g/mol. The van der Waals surface area contributed by atoms with E-state index in [9.17, 15) is 4.79 Å². The van der Waals surface area contributed by atoms with Crippen LogP contribution in [0.25, 0.3) is 21.9 Å². The van der Waals surface area contributed by atoms with Crippen molar-refractivity contribution in [3.05, 3.63) is 119 Å². The first-order valence-corrected chi connectivity index (χ1v) is 12.4. The highest BCUT2D eigenvalue weighted by atomic mass is 35.5. The fourth-order valence-electron chi connectivity index (χ4n) is 5.00. The lowest BCUT2D eigenvalue weighted by molar-refractivity contribution is 0.0753. The molecule has 1 N–H and O–H groups in total. The Labute approximate surface area is 215 Å². The van der Waals surface area contributed by atoms with Crippen LogP contribution in [0.2, 0.25) is 5.02 Å². The van der Waals surface area contributed by atoms with Crippen molar-refractivity contribution < 1.29 is 4.79 Å². The van der Waals surface area contributed by atoms with Gasteiger partial charge in [-0.15, -0.1) is 0 Å². The van der Waals surface area contributed by atoms with Crippen LogP contribution in [0.5, 0.6) is 0 Å². The molecule has 6 heteroatoms. The molecular formula is C30H25ClN4O. The van der Waals surface area contributed by atoms with Gasteiger partial charge in [0.2, 0.25) is 0 Å². The standard InChI is InChI=1S/C30H25ClN4O/c31-25-8-3-7-22(18-25)23-11-12-28-24(17-23)19-35(16-15-34(28)20-29-32-13-14-33-29)30(36)27-10-4-6-21-5-1-2-9-26(21)27/h1-14,17-18H,15-16,19-20H2,(H,32,33). The molecule has 0 radical (unpaired) electrons. The zero-order chi connectivity index (χ0) is 24.5. The number of hydrogen-bond acceptors (Lipinski definition) is 3. The largest absolute Gasteiger partial charge is 0.362 e. The Morgan fingerprint density at radius 1 is 0.917 bits per heavy atom. The average Bonchev–Trinajstić information content (AvgIpc) is 3.36. The van der Waals surface area contributed by atoms with Gasteiger partial charge >= 0.3 is 0 Å². The van der Waals surface area contributed by atoms with Gasteiger partial charge in [0.05, 0.1) is 6.54 Å². The number of carbonyl (C=O) groups excluding carboxylic acids is 1. The van der Waals surface area contributed by atoms with E-state index >= 15 is 0 Å². The number of H-pyrrole nitrogens is 1. The third-order valence-corrected chi connectivity index (χ3v) is 7.02. The highest BCUT2D eigenvalue weighted by Crippen LogP contribution is 2.33. The van der Waals surface area contributed by atoms with Crippen molar-refractivity contribution in [3.8, 4) is 11.1 Å². The average molecular weight is 493 g/mol. The van der Waals surface area contributed by atoms with Crippen molar-refractivity contribution in [2.45, 2.75) is 13.1 Å². The van der Waals surface area contributed by atoms with E-state index in [1.165, 1.54) is 0 Å². The number of carbonyl (C=O) groups is 1. The highest BCUT2D eigenvalue weighted by molar-refractivity contribution is 6.30. The summed E-state index contributed by atoms with van der Waals surface area (Å²) in [5.41, 5.74) is 5.09. The van der Waals surface area contributed by atoms with E-state index in [-0.39, 0.29) is 5.91 Å². The summed E-state index contributed by atoms with van der Waals surface area (Å²) >= 11 is 6.28. The Morgan fingerprint density at radius 2 is 1.75 bits per heavy atom. The predicted molar refractivity (Wildman–Crippen MR) is 145 cm³/mol. The van der Waals surface area contributed by atoms with Gasteiger partial charge in [0.15, 0.2) is 0 Å². The normalized spacial score (nSPS) is 13.5. The van der Waals surface area contributed by atoms with Crippen molar-refractivity contribution in [1.82, 2.24) is 14.9 Å². The second-order valence-electron chi connectivity index (χ2n) is 9.06. The van der Waals surface area contributed by atoms with Gasteiger partial charge in [0.25, 0.3) is 5.91 Å². The van der Waals surface area contributed by atoms with Crippen molar-refractivity contribution in [2.75, 3.05) is 18.0 Å². The van der Waals surface area contributed by atoms with Gasteiger partial charge < -0.3 is 14.8 Å². The lowest BCUT2D eigenvalue weighted by Crippen LogP contribution is -2.35. The molecule has 0 saturated heterocycles. The zero-order valence-electron chi connectivity index (χ0n) is 19.7. The molecule has 0 spiro atoms. The van der Waals surface area contributed by atoms with E-state index in [1.807, 2.05) is 71.8 Å². The number of anilines is 1. The second-order valence-corrected chi connectivity index (χ2v) is 9.50. The van der Waals surface area contributed by atoms with Crippen LogP contribution in [0, 0.1) is 0 Å². The topological polar surface area (TPSA) is 52.2 Å². The zero-order valence-corrected chi connectivity index (χ0v) is 20.4. The number of fused-ring (bicyclic) bond motifs is 2. The maximum absolute atomic E-state index is 13.9. The summed E-state index contributed by atoms with van der Waals surface area (Å²) in [5.74, 6) is 0.944. The van der Waals surface area contributed by atoms with E-state index in [2.05, 4.69) is 39.1 Å². The Balaban J connectivity index is 1.40. The molecule has 5 aromatic rings. The summed E-state index contributed by atoms with van der Waals surface area (Å²) in [6.45, 7) is 2.50. The molecule has 0 aliphatic carbocycles. The second kappa shape index (κ2) is 9.51. The highest BCUT2D eigenvalue weighted by Gasteiger charge is 2.25. The first-order chi connectivity index (χ1) is 17.7. The van der Waals surface area contributed by atoms with Crippen molar-refractivity contribution >= 4 is 34.0 Å². The quantitative estimate of drug-likeness (QED) is 0.309. The first-order valence-electron chi connectivity index (χ1n) is 12.0. The molecule has 4 aromatic carbocycles. The minimum Gasteiger partial charge on any atom is -0.362 e. The predicted octanol–water partition coefficient (Wildman–Crippen LogP) is 6.55. The van der Waals surface area contributed by atoms with Gasteiger partial charge in [-0.2, -0.15) is 0 Å². The third-order valence-electron chi connectivity index (χ3n) is 6.78. The van der Waals surface area contributed by atoms with Crippen LogP contribution in [0.1, 0.15) is 21.7 Å².